The van der Waals surface area contributed by atoms with Crippen LogP contribution in [0.15, 0.2) is 0 Å². The van der Waals surface area contributed by atoms with Crippen LogP contribution in [0, 0.1) is 5.41 Å². The topological polar surface area (TPSA) is 197 Å². The summed E-state index contributed by atoms with van der Waals surface area (Å²) in [6, 6.07) is 0. The molecule has 0 unspecified atom stereocenters. The van der Waals surface area contributed by atoms with Gasteiger partial charge in [-0.3, -0.25) is 19.2 Å². The molecule has 1 fully saturated rings. The molecule has 8 N–H and O–H groups in total. The maximum atomic E-state index is 11.6. The molecular weight excluding hydrogens is 432 g/mol. The fourth-order valence-electron chi connectivity index (χ4n) is 3.86. The zero-order valence-corrected chi connectivity index (χ0v) is 17.0. The monoisotopic (exact) mass is 460 g/mol. The van der Waals surface area contributed by atoms with Gasteiger partial charge in [0.1, 0.15) is 0 Å². The van der Waals surface area contributed by atoms with E-state index < -0.39 is 60.5 Å². The van der Waals surface area contributed by atoms with Crippen LogP contribution in [0.3, 0.4) is 0 Å². The molecule has 12 nitrogen and oxygen atoms in total. The Bertz CT molecular complexity index is 507. The van der Waals surface area contributed by atoms with E-state index in [2.05, 4.69) is 21.9 Å². The number of nitrogens with one attached hydrogen (secondary N) is 4. The van der Waals surface area contributed by atoms with E-state index >= 15 is 0 Å². The van der Waals surface area contributed by atoms with E-state index in [1.54, 1.807) is 0 Å². The average Bonchev–Trinajstić information content (AvgIpc) is 2.52. The first-order chi connectivity index (χ1) is 13.1. The first kappa shape index (κ1) is 27.2. The molecule has 0 atom stereocenters. The average molecular weight is 460 g/mol. The van der Waals surface area contributed by atoms with Gasteiger partial charge in [-0.25, -0.2) is 10.9 Å². The van der Waals surface area contributed by atoms with Crippen molar-refractivity contribution in [3.05, 3.63) is 0 Å². The van der Waals surface area contributed by atoms with Crippen LogP contribution in [0.25, 0.3) is 0 Å². The first-order valence-corrected chi connectivity index (χ1v) is 9.00. The predicted octanol–water partition coefficient (Wildman–Crippen LogP) is -0.325. The van der Waals surface area contributed by atoms with E-state index in [9.17, 15) is 39.6 Å². The van der Waals surface area contributed by atoms with Crippen molar-refractivity contribution in [3.8, 4) is 0 Å². The maximum Gasteiger partial charge on any atom is 0.305 e. The zero-order chi connectivity index (χ0) is 21.2. The molecule has 13 heteroatoms. The van der Waals surface area contributed by atoms with Crippen LogP contribution >= 0.6 is 0 Å². The van der Waals surface area contributed by atoms with Crippen LogP contribution in [-0.4, -0.2) is 56.4 Å². The van der Waals surface area contributed by atoms with Gasteiger partial charge in [0.05, 0.1) is 31.2 Å². The molecule has 0 aromatic heterocycles. The van der Waals surface area contributed by atoms with Crippen LogP contribution in [0.1, 0.15) is 57.8 Å². The van der Waals surface area contributed by atoms with Gasteiger partial charge in [-0.2, -0.15) is 11.1 Å². The fraction of sp³-hybridized carbons (Fsp3) is 0.750. The second-order valence-electron chi connectivity index (χ2n) is 7.11. The van der Waals surface area contributed by atoms with E-state index in [-0.39, 0.29) is 23.5 Å². The molecule has 0 bridgehead atoms. The number of hydrogen-bond acceptors (Lipinski definition) is 8. The van der Waals surface area contributed by atoms with Crippen molar-refractivity contribution in [2.24, 2.45) is 5.41 Å². The number of aliphatic carboxylic acids is 4. The molecule has 1 aliphatic rings. The Balaban J connectivity index is 0.00000784. The van der Waals surface area contributed by atoms with Crippen LogP contribution < -0.4 is 21.9 Å². The molecule has 1 aliphatic heterocycles. The molecule has 1 saturated heterocycles. The minimum Gasteiger partial charge on any atom is -0.481 e. The summed E-state index contributed by atoms with van der Waals surface area (Å²) in [6.07, 6.45) is -0.178. The minimum atomic E-state index is -1.88. The summed E-state index contributed by atoms with van der Waals surface area (Å²) in [5.74, 6) is -5.42. The second-order valence-corrected chi connectivity index (χ2v) is 7.11. The molecule has 0 amide bonds. The largest absolute Gasteiger partial charge is 0.481 e. The van der Waals surface area contributed by atoms with Crippen molar-refractivity contribution >= 4 is 23.9 Å². The van der Waals surface area contributed by atoms with Crippen molar-refractivity contribution in [1.82, 2.24) is 21.9 Å². The Morgan fingerprint density at radius 3 is 1.66 bits per heavy atom. The van der Waals surface area contributed by atoms with Gasteiger partial charge in [-0.1, -0.05) is 19.3 Å². The Morgan fingerprint density at radius 2 is 1.17 bits per heavy atom. The first-order valence-electron chi connectivity index (χ1n) is 9.00. The van der Waals surface area contributed by atoms with E-state index in [0.29, 0.717) is 19.4 Å². The fourth-order valence-corrected chi connectivity index (χ4v) is 3.86. The predicted molar refractivity (Wildman–Crippen MR) is 94.7 cm³/mol. The normalized spacial score (nSPS) is 19.6. The van der Waals surface area contributed by atoms with Crippen molar-refractivity contribution < 1.29 is 56.7 Å². The molecule has 1 heterocycles. The summed E-state index contributed by atoms with van der Waals surface area (Å²) in [6.45, 7) is 0.592. The minimum absolute atomic E-state index is 0. The summed E-state index contributed by atoms with van der Waals surface area (Å²) in [5, 5.41) is 37.8. The third-order valence-corrected chi connectivity index (χ3v) is 5.06. The van der Waals surface area contributed by atoms with Gasteiger partial charge in [-0.05, 0) is 12.8 Å². The number of carbonyl (C=O) groups is 4. The van der Waals surface area contributed by atoms with Gasteiger partial charge in [0.25, 0.3) is 0 Å². The summed E-state index contributed by atoms with van der Waals surface area (Å²) in [4.78, 5) is 46.4. The van der Waals surface area contributed by atoms with Gasteiger partial charge in [0, 0.05) is 29.0 Å². The standard InChI is InChI=1S/C16H28N4O8.Fe/c21-11(22)7-15(8-12(23)24)5-3-1-2-4-6-17-19-20-18-16(15,9-13(25)26)10-14(27)28;/h17-20H,1-10H2,(H,21,22)(H,23,24)(H,25,26)(H,27,28);. The molecule has 0 aromatic rings. The Labute approximate surface area is 178 Å². The molecule has 168 valence electrons. The summed E-state index contributed by atoms with van der Waals surface area (Å²) in [7, 11) is 0. The van der Waals surface area contributed by atoms with Crippen LogP contribution in [-0.2, 0) is 36.2 Å². The van der Waals surface area contributed by atoms with E-state index in [1.807, 2.05) is 0 Å². The summed E-state index contributed by atoms with van der Waals surface area (Å²) in [5.41, 5.74) is 6.91. The van der Waals surface area contributed by atoms with Gasteiger partial charge in [0.2, 0.25) is 0 Å². The van der Waals surface area contributed by atoms with Crippen molar-refractivity contribution in [2.45, 2.75) is 63.3 Å². The number of hydrogen-bond donors (Lipinski definition) is 8. The molecule has 0 aliphatic carbocycles. The third kappa shape index (κ3) is 8.64. The molecule has 0 aromatic carbocycles. The Hall–Kier alpha value is -1.76. The molecule has 0 radical (unpaired) electrons. The van der Waals surface area contributed by atoms with Crippen molar-refractivity contribution in [3.63, 3.8) is 0 Å². The number of rotatable bonds is 8. The second kappa shape index (κ2) is 12.7. The smallest absolute Gasteiger partial charge is 0.305 e. The van der Waals surface area contributed by atoms with Crippen LogP contribution in [0.2, 0.25) is 0 Å². The van der Waals surface area contributed by atoms with Crippen LogP contribution in [0.4, 0.5) is 0 Å². The van der Waals surface area contributed by atoms with E-state index in [0.717, 1.165) is 12.8 Å². The van der Waals surface area contributed by atoms with Gasteiger partial charge in [0.15, 0.2) is 0 Å². The number of carboxylic acid groups (broad SMARTS) is 4. The Morgan fingerprint density at radius 1 is 0.690 bits per heavy atom. The molecular formula is C16H28FeN4O8. The number of hydrazine groups is 3. The van der Waals surface area contributed by atoms with Gasteiger partial charge < -0.3 is 20.4 Å². The van der Waals surface area contributed by atoms with E-state index in [4.69, 9.17) is 0 Å². The van der Waals surface area contributed by atoms with Gasteiger partial charge >= 0.3 is 23.9 Å². The van der Waals surface area contributed by atoms with Crippen molar-refractivity contribution in [2.75, 3.05) is 6.54 Å². The maximum absolute atomic E-state index is 11.6. The Kier molecular flexibility index (Phi) is 12.0. The molecule has 0 saturated carbocycles. The quantitative estimate of drug-likeness (QED) is 0.220. The summed E-state index contributed by atoms with van der Waals surface area (Å²) < 4.78 is 0. The summed E-state index contributed by atoms with van der Waals surface area (Å²) >= 11 is 0. The van der Waals surface area contributed by atoms with Crippen molar-refractivity contribution in [1.29, 1.82) is 0 Å². The zero-order valence-electron chi connectivity index (χ0n) is 15.8. The number of carboxylic acids is 4. The SMILES string of the molecule is O=C(O)CC1(CC(=O)O)CCCCCCNNNNC1(CC(=O)O)CC(=O)O.[Fe]. The molecule has 0 spiro atoms. The molecule has 29 heavy (non-hydrogen) atoms. The van der Waals surface area contributed by atoms with Gasteiger partial charge in [-0.15, -0.1) is 0 Å². The molecule has 1 rings (SSSR count). The van der Waals surface area contributed by atoms with Crippen LogP contribution in [0.5, 0.6) is 0 Å². The third-order valence-electron chi connectivity index (χ3n) is 5.06. The van der Waals surface area contributed by atoms with E-state index in [1.165, 1.54) is 0 Å².